The molecule has 0 fully saturated rings. The zero-order chi connectivity index (χ0) is 8.97. The van der Waals surface area contributed by atoms with Gasteiger partial charge in [0.2, 0.25) is 0 Å². The van der Waals surface area contributed by atoms with Crippen molar-refractivity contribution in [2.75, 3.05) is 12.3 Å². The van der Waals surface area contributed by atoms with Crippen molar-refractivity contribution < 1.29 is 0 Å². The van der Waals surface area contributed by atoms with Crippen LogP contribution in [-0.2, 0) is 6.42 Å². The summed E-state index contributed by atoms with van der Waals surface area (Å²) in [5, 5.41) is 0.629. The summed E-state index contributed by atoms with van der Waals surface area (Å²) < 4.78 is 0. The van der Waals surface area contributed by atoms with Gasteiger partial charge in [0.25, 0.3) is 0 Å². The maximum atomic E-state index is 5.84. The van der Waals surface area contributed by atoms with Gasteiger partial charge in [-0.3, -0.25) is 0 Å². The number of benzene rings is 1. The molecule has 0 atom stereocenters. The lowest BCUT2D eigenvalue weighted by molar-refractivity contribution is 0.834. The normalized spacial score (nSPS) is 10.2. The molecule has 1 aromatic rings. The van der Waals surface area contributed by atoms with E-state index in [4.69, 9.17) is 23.1 Å². The molecule has 2 nitrogen and oxygen atoms in total. The van der Waals surface area contributed by atoms with Gasteiger partial charge in [-0.2, -0.15) is 0 Å². The van der Waals surface area contributed by atoms with Crippen molar-refractivity contribution in [1.29, 1.82) is 0 Å². The highest BCUT2D eigenvalue weighted by Gasteiger charge is 2.01. The van der Waals surface area contributed by atoms with E-state index >= 15 is 0 Å². The van der Waals surface area contributed by atoms with Crippen LogP contribution in [0.5, 0.6) is 0 Å². The van der Waals surface area contributed by atoms with Gasteiger partial charge in [0.05, 0.1) is 10.7 Å². The minimum absolute atomic E-state index is 0.629. The minimum atomic E-state index is 0.629. The van der Waals surface area contributed by atoms with E-state index in [9.17, 15) is 0 Å². The number of para-hydroxylation sites is 1. The van der Waals surface area contributed by atoms with E-state index in [1.807, 2.05) is 12.1 Å². The molecular weight excluding hydrogens is 172 g/mol. The summed E-state index contributed by atoms with van der Waals surface area (Å²) in [7, 11) is 0. The molecule has 0 amide bonds. The van der Waals surface area contributed by atoms with Crippen molar-refractivity contribution >= 4 is 17.3 Å². The first-order chi connectivity index (χ1) is 5.75. The first kappa shape index (κ1) is 9.36. The summed E-state index contributed by atoms with van der Waals surface area (Å²) >= 11 is 5.84. The van der Waals surface area contributed by atoms with Crippen molar-refractivity contribution in [1.82, 2.24) is 0 Å². The van der Waals surface area contributed by atoms with Gasteiger partial charge in [0.1, 0.15) is 0 Å². The van der Waals surface area contributed by atoms with Crippen LogP contribution in [0.25, 0.3) is 0 Å². The number of aryl methyl sites for hydroxylation is 1. The Bertz CT molecular complexity index is 261. The van der Waals surface area contributed by atoms with Crippen LogP contribution in [0.4, 0.5) is 5.69 Å². The highest BCUT2D eigenvalue weighted by molar-refractivity contribution is 6.33. The van der Waals surface area contributed by atoms with Crippen molar-refractivity contribution in [2.45, 2.75) is 12.8 Å². The molecule has 0 aliphatic heterocycles. The highest BCUT2D eigenvalue weighted by Crippen LogP contribution is 2.22. The van der Waals surface area contributed by atoms with E-state index in [1.54, 1.807) is 6.07 Å². The molecule has 66 valence electrons. The Morgan fingerprint density at radius 1 is 1.33 bits per heavy atom. The number of nitrogens with two attached hydrogens (primary N) is 2. The number of nitrogen functional groups attached to an aromatic ring is 1. The molecule has 12 heavy (non-hydrogen) atoms. The minimum Gasteiger partial charge on any atom is -0.397 e. The standard InChI is InChI=1S/C9H13ClN2/c10-8-5-1-3-7(9(8)12)4-2-6-11/h1,3,5H,2,4,6,11-12H2. The second kappa shape index (κ2) is 4.33. The summed E-state index contributed by atoms with van der Waals surface area (Å²) in [6.45, 7) is 0.686. The molecule has 3 heteroatoms. The average Bonchev–Trinajstić information content (AvgIpc) is 2.08. The van der Waals surface area contributed by atoms with Crippen molar-refractivity contribution in [2.24, 2.45) is 5.73 Å². The predicted molar refractivity (Wildman–Crippen MR) is 53.2 cm³/mol. The molecular formula is C9H13ClN2. The SMILES string of the molecule is NCCCc1cccc(Cl)c1N. The number of rotatable bonds is 3. The topological polar surface area (TPSA) is 52.0 Å². The van der Waals surface area contributed by atoms with Gasteiger partial charge in [-0.05, 0) is 31.0 Å². The Kier molecular flexibility index (Phi) is 3.38. The second-order valence-electron chi connectivity index (χ2n) is 2.70. The van der Waals surface area contributed by atoms with Gasteiger partial charge in [0.15, 0.2) is 0 Å². The third-order valence-corrected chi connectivity index (χ3v) is 2.12. The Balaban J connectivity index is 2.78. The number of hydrogen-bond acceptors (Lipinski definition) is 2. The molecule has 0 saturated carbocycles. The maximum absolute atomic E-state index is 5.84. The molecule has 4 N–H and O–H groups in total. The third kappa shape index (κ3) is 2.13. The van der Waals surface area contributed by atoms with Gasteiger partial charge in [0, 0.05) is 0 Å². The van der Waals surface area contributed by atoms with E-state index in [2.05, 4.69) is 0 Å². The van der Waals surface area contributed by atoms with Crippen LogP contribution in [0.3, 0.4) is 0 Å². The lowest BCUT2D eigenvalue weighted by Gasteiger charge is -2.05. The van der Waals surface area contributed by atoms with Gasteiger partial charge in [-0.15, -0.1) is 0 Å². The summed E-state index contributed by atoms with van der Waals surface area (Å²) in [5.41, 5.74) is 12.9. The fraction of sp³-hybridized carbons (Fsp3) is 0.333. The van der Waals surface area contributed by atoms with Crippen LogP contribution >= 0.6 is 11.6 Å². The van der Waals surface area contributed by atoms with Gasteiger partial charge < -0.3 is 11.5 Å². The molecule has 0 aromatic heterocycles. The van der Waals surface area contributed by atoms with Crippen LogP contribution in [0.2, 0.25) is 5.02 Å². The zero-order valence-electron chi connectivity index (χ0n) is 6.89. The van der Waals surface area contributed by atoms with E-state index in [-0.39, 0.29) is 0 Å². The summed E-state index contributed by atoms with van der Waals surface area (Å²) in [4.78, 5) is 0. The first-order valence-electron chi connectivity index (χ1n) is 3.98. The summed E-state index contributed by atoms with van der Waals surface area (Å²) in [5.74, 6) is 0. The van der Waals surface area contributed by atoms with E-state index in [0.29, 0.717) is 17.3 Å². The van der Waals surface area contributed by atoms with Crippen LogP contribution in [0.1, 0.15) is 12.0 Å². The maximum Gasteiger partial charge on any atom is 0.0638 e. The molecule has 0 heterocycles. The Morgan fingerprint density at radius 3 is 2.75 bits per heavy atom. The lowest BCUT2D eigenvalue weighted by Crippen LogP contribution is -2.02. The van der Waals surface area contributed by atoms with Crippen LogP contribution in [0, 0.1) is 0 Å². The predicted octanol–water partition coefficient (Wildman–Crippen LogP) is 1.81. The monoisotopic (exact) mass is 184 g/mol. The van der Waals surface area contributed by atoms with Crippen molar-refractivity contribution in [3.63, 3.8) is 0 Å². The van der Waals surface area contributed by atoms with E-state index in [1.165, 1.54) is 0 Å². The largest absolute Gasteiger partial charge is 0.397 e. The van der Waals surface area contributed by atoms with Crippen molar-refractivity contribution in [3.05, 3.63) is 28.8 Å². The smallest absolute Gasteiger partial charge is 0.0638 e. The second-order valence-corrected chi connectivity index (χ2v) is 3.11. The van der Waals surface area contributed by atoms with Crippen molar-refractivity contribution in [3.8, 4) is 0 Å². The van der Waals surface area contributed by atoms with Crippen LogP contribution < -0.4 is 11.5 Å². The molecule has 0 radical (unpaired) electrons. The summed E-state index contributed by atoms with van der Waals surface area (Å²) in [6.07, 6.45) is 1.85. The summed E-state index contributed by atoms with van der Waals surface area (Å²) in [6, 6.07) is 5.68. The van der Waals surface area contributed by atoms with Gasteiger partial charge in [-0.1, -0.05) is 23.7 Å². The van der Waals surface area contributed by atoms with Crippen LogP contribution in [-0.4, -0.2) is 6.54 Å². The fourth-order valence-corrected chi connectivity index (χ4v) is 1.29. The molecule has 0 aliphatic rings. The zero-order valence-corrected chi connectivity index (χ0v) is 7.64. The Hall–Kier alpha value is -0.730. The molecule has 0 aliphatic carbocycles. The van der Waals surface area contributed by atoms with Gasteiger partial charge in [-0.25, -0.2) is 0 Å². The van der Waals surface area contributed by atoms with E-state index < -0.39 is 0 Å². The Labute approximate surface area is 77.5 Å². The number of halogens is 1. The third-order valence-electron chi connectivity index (χ3n) is 1.79. The number of anilines is 1. The quantitative estimate of drug-likeness (QED) is 0.705. The Morgan fingerprint density at radius 2 is 2.08 bits per heavy atom. The van der Waals surface area contributed by atoms with Gasteiger partial charge >= 0.3 is 0 Å². The molecule has 0 spiro atoms. The molecule has 0 bridgehead atoms. The molecule has 0 saturated heterocycles. The highest BCUT2D eigenvalue weighted by atomic mass is 35.5. The molecule has 0 unspecified atom stereocenters. The average molecular weight is 185 g/mol. The molecule has 1 aromatic carbocycles. The lowest BCUT2D eigenvalue weighted by atomic mass is 10.1. The van der Waals surface area contributed by atoms with E-state index in [0.717, 1.165) is 18.4 Å². The molecule has 1 rings (SSSR count). The number of hydrogen-bond donors (Lipinski definition) is 2. The fourth-order valence-electron chi connectivity index (χ4n) is 1.09. The van der Waals surface area contributed by atoms with Crippen LogP contribution in [0.15, 0.2) is 18.2 Å². The first-order valence-corrected chi connectivity index (χ1v) is 4.36.